The number of anilines is 1. The van der Waals surface area contributed by atoms with Crippen LogP contribution in [-0.2, 0) is 4.79 Å². The first-order chi connectivity index (χ1) is 12.8. The molecule has 0 radical (unpaired) electrons. The molecule has 3 aromatic rings. The number of amides is 1. The molecular weight excluding hydrogens is 398 g/mol. The van der Waals surface area contributed by atoms with Gasteiger partial charge in [0.25, 0.3) is 5.91 Å². The molecular formula is C17H15ClF2N4O2S. The van der Waals surface area contributed by atoms with Crippen LogP contribution in [0.5, 0.6) is 5.75 Å². The van der Waals surface area contributed by atoms with Gasteiger partial charge >= 0.3 is 6.61 Å². The van der Waals surface area contributed by atoms with Gasteiger partial charge in [-0.1, -0.05) is 11.6 Å². The van der Waals surface area contributed by atoms with Crippen LogP contribution in [0.3, 0.4) is 0 Å². The van der Waals surface area contributed by atoms with Gasteiger partial charge < -0.3 is 10.1 Å². The third-order valence-corrected chi connectivity index (χ3v) is 4.87. The lowest BCUT2D eigenvalue weighted by Crippen LogP contribution is -2.24. The Labute approximate surface area is 162 Å². The van der Waals surface area contributed by atoms with Gasteiger partial charge in [-0.2, -0.15) is 13.9 Å². The van der Waals surface area contributed by atoms with Crippen LogP contribution in [0.25, 0.3) is 11.3 Å². The van der Waals surface area contributed by atoms with Crippen molar-refractivity contribution in [1.29, 1.82) is 0 Å². The number of benzene rings is 1. The maximum atomic E-state index is 12.4. The number of carbonyl (C=O) groups is 1. The molecule has 0 aliphatic carbocycles. The highest BCUT2D eigenvalue weighted by atomic mass is 35.5. The van der Waals surface area contributed by atoms with Crippen LogP contribution in [0, 0.1) is 6.92 Å². The van der Waals surface area contributed by atoms with Crippen LogP contribution in [0.1, 0.15) is 18.7 Å². The van der Waals surface area contributed by atoms with Crippen LogP contribution >= 0.6 is 22.9 Å². The van der Waals surface area contributed by atoms with Gasteiger partial charge in [-0.3, -0.25) is 9.48 Å². The molecule has 1 atom stereocenters. The molecule has 1 unspecified atom stereocenters. The first-order valence-corrected chi connectivity index (χ1v) is 9.12. The maximum Gasteiger partial charge on any atom is 0.387 e. The van der Waals surface area contributed by atoms with Crippen molar-refractivity contribution in [2.45, 2.75) is 26.5 Å². The number of aryl methyl sites for hydroxylation is 1. The summed E-state index contributed by atoms with van der Waals surface area (Å²) < 4.78 is 30.2. The maximum absolute atomic E-state index is 12.4. The first-order valence-electron chi connectivity index (χ1n) is 7.86. The van der Waals surface area contributed by atoms with Crippen LogP contribution in [0.2, 0.25) is 5.02 Å². The lowest BCUT2D eigenvalue weighted by molar-refractivity contribution is -0.119. The van der Waals surface area contributed by atoms with Gasteiger partial charge in [0, 0.05) is 17.1 Å². The summed E-state index contributed by atoms with van der Waals surface area (Å²) in [6.07, 6.45) is 1.59. The third-order valence-electron chi connectivity index (χ3n) is 3.74. The van der Waals surface area contributed by atoms with E-state index in [1.165, 1.54) is 28.2 Å². The molecule has 10 heteroatoms. The average molecular weight is 413 g/mol. The van der Waals surface area contributed by atoms with Crippen molar-refractivity contribution < 1.29 is 18.3 Å². The number of aromatic nitrogens is 3. The predicted octanol–water partition coefficient (Wildman–Crippen LogP) is 4.77. The Hall–Kier alpha value is -2.52. The van der Waals surface area contributed by atoms with Gasteiger partial charge in [0.05, 0.1) is 16.4 Å². The highest BCUT2D eigenvalue weighted by Gasteiger charge is 2.18. The third kappa shape index (κ3) is 4.61. The van der Waals surface area contributed by atoms with Crippen LogP contribution < -0.4 is 10.1 Å². The Kier molecular flexibility index (Phi) is 5.71. The molecule has 1 aromatic carbocycles. The number of alkyl halides is 2. The molecule has 6 nitrogen and oxygen atoms in total. The highest BCUT2D eigenvalue weighted by Crippen LogP contribution is 2.27. The number of nitrogens with one attached hydrogen (secondary N) is 1. The van der Waals surface area contributed by atoms with E-state index in [0.29, 0.717) is 21.5 Å². The Morgan fingerprint density at radius 3 is 2.63 bits per heavy atom. The second-order valence-corrected chi connectivity index (χ2v) is 6.91. The predicted molar refractivity (Wildman–Crippen MR) is 99.5 cm³/mol. The zero-order valence-corrected chi connectivity index (χ0v) is 15.9. The molecule has 2 aromatic heterocycles. The summed E-state index contributed by atoms with van der Waals surface area (Å²) in [6.45, 7) is 0.593. The second-order valence-electron chi connectivity index (χ2n) is 5.65. The van der Waals surface area contributed by atoms with E-state index in [2.05, 4.69) is 20.1 Å². The summed E-state index contributed by atoms with van der Waals surface area (Å²) in [5, 5.41) is 9.61. The summed E-state index contributed by atoms with van der Waals surface area (Å²) in [6, 6.07) is 5.55. The summed E-state index contributed by atoms with van der Waals surface area (Å²) >= 11 is 7.23. The van der Waals surface area contributed by atoms with Gasteiger partial charge in [0.1, 0.15) is 11.8 Å². The monoisotopic (exact) mass is 412 g/mol. The minimum absolute atomic E-state index is 0.0690. The Morgan fingerprint density at radius 2 is 2.04 bits per heavy atom. The van der Waals surface area contributed by atoms with E-state index >= 15 is 0 Å². The van der Waals surface area contributed by atoms with Crippen LogP contribution in [0.15, 0.2) is 35.8 Å². The summed E-state index contributed by atoms with van der Waals surface area (Å²) in [7, 11) is 0. The van der Waals surface area contributed by atoms with Crippen molar-refractivity contribution in [2.24, 2.45) is 0 Å². The molecule has 27 heavy (non-hydrogen) atoms. The highest BCUT2D eigenvalue weighted by molar-refractivity contribution is 7.14. The van der Waals surface area contributed by atoms with Gasteiger partial charge in [-0.05, 0) is 38.1 Å². The smallest absolute Gasteiger partial charge is 0.387 e. The van der Waals surface area contributed by atoms with Gasteiger partial charge in [-0.15, -0.1) is 11.3 Å². The molecule has 0 aliphatic rings. The molecule has 0 bridgehead atoms. The number of nitrogens with zero attached hydrogens (tertiary/aromatic N) is 3. The van der Waals surface area contributed by atoms with Crippen molar-refractivity contribution in [3.05, 3.63) is 46.6 Å². The number of rotatable bonds is 6. The van der Waals surface area contributed by atoms with E-state index < -0.39 is 12.7 Å². The van der Waals surface area contributed by atoms with Gasteiger partial charge in [-0.25, -0.2) is 4.98 Å². The minimum atomic E-state index is -2.87. The number of hydrogen-bond acceptors (Lipinski definition) is 5. The molecule has 0 saturated heterocycles. The Bertz CT molecular complexity index is 923. The number of carbonyl (C=O) groups excluding carboxylic acids is 1. The van der Waals surface area contributed by atoms with E-state index in [1.54, 1.807) is 37.6 Å². The fourth-order valence-corrected chi connectivity index (χ4v) is 3.12. The number of ether oxygens (including phenoxy) is 1. The lowest BCUT2D eigenvalue weighted by Gasteiger charge is -2.10. The fourth-order valence-electron chi connectivity index (χ4n) is 2.26. The van der Waals surface area contributed by atoms with Crippen LogP contribution in [0.4, 0.5) is 13.9 Å². The van der Waals surface area contributed by atoms with E-state index in [-0.39, 0.29) is 11.7 Å². The minimum Gasteiger partial charge on any atom is -0.435 e. The van der Waals surface area contributed by atoms with Gasteiger partial charge in [0.15, 0.2) is 5.13 Å². The largest absolute Gasteiger partial charge is 0.435 e. The standard InChI is InChI=1S/C17H15ClF2N4O2S/c1-9-13(18)7-24(23-9)10(2)15(25)22-17-21-14(8-27-17)11-3-5-12(6-4-11)26-16(19)20/h3-8,10,16H,1-2H3,(H,21,22,25). The first kappa shape index (κ1) is 19.2. The van der Waals surface area contributed by atoms with Crippen molar-refractivity contribution in [3.63, 3.8) is 0 Å². The molecule has 142 valence electrons. The average Bonchev–Trinajstić information content (AvgIpc) is 3.21. The summed E-state index contributed by atoms with van der Waals surface area (Å²) in [4.78, 5) is 16.7. The van der Waals surface area contributed by atoms with Crippen molar-refractivity contribution in [1.82, 2.24) is 14.8 Å². The SMILES string of the molecule is Cc1nn(C(C)C(=O)Nc2nc(-c3ccc(OC(F)F)cc3)cs2)cc1Cl. The Morgan fingerprint density at radius 1 is 1.33 bits per heavy atom. The Balaban J connectivity index is 1.67. The topological polar surface area (TPSA) is 69.0 Å². The number of hydrogen-bond donors (Lipinski definition) is 1. The van der Waals surface area contributed by atoms with Crippen LogP contribution in [-0.4, -0.2) is 27.3 Å². The van der Waals surface area contributed by atoms with E-state index in [1.807, 2.05) is 0 Å². The van der Waals surface area contributed by atoms with E-state index in [0.717, 1.165) is 5.56 Å². The molecule has 0 saturated carbocycles. The fraction of sp³-hybridized carbons (Fsp3) is 0.235. The lowest BCUT2D eigenvalue weighted by atomic mass is 10.2. The molecule has 0 fully saturated rings. The molecule has 1 amide bonds. The summed E-state index contributed by atoms with van der Waals surface area (Å²) in [5.41, 5.74) is 1.98. The second kappa shape index (κ2) is 8.01. The van der Waals surface area contributed by atoms with Crippen molar-refractivity contribution >= 4 is 34.0 Å². The van der Waals surface area contributed by atoms with Crippen molar-refractivity contribution in [3.8, 4) is 17.0 Å². The molecule has 3 rings (SSSR count). The molecule has 1 N–H and O–H groups in total. The van der Waals surface area contributed by atoms with E-state index in [4.69, 9.17) is 11.6 Å². The van der Waals surface area contributed by atoms with Crippen molar-refractivity contribution in [2.75, 3.05) is 5.32 Å². The van der Waals surface area contributed by atoms with Gasteiger partial charge in [0.2, 0.25) is 0 Å². The quantitative estimate of drug-likeness (QED) is 0.633. The molecule has 2 heterocycles. The summed E-state index contributed by atoms with van der Waals surface area (Å²) in [5.74, 6) is -0.213. The number of thiazole rings is 1. The molecule has 0 aliphatic heterocycles. The molecule has 0 spiro atoms. The zero-order valence-electron chi connectivity index (χ0n) is 14.3. The van der Waals surface area contributed by atoms with E-state index in [9.17, 15) is 13.6 Å². The number of halogens is 3. The zero-order chi connectivity index (χ0) is 19.6. The normalized spacial score (nSPS) is 12.2.